The number of rotatable bonds is 3. The number of nitrogens with two attached hydrogens (primary N) is 1. The number of carbonyl (C=O) groups is 4. The topological polar surface area (TPSA) is 130 Å². The zero-order valence-corrected chi connectivity index (χ0v) is 8.41. The van der Waals surface area contributed by atoms with E-state index in [1.807, 2.05) is 5.32 Å². The lowest BCUT2D eigenvalue weighted by molar-refractivity contribution is -0.134. The van der Waals surface area contributed by atoms with Gasteiger partial charge in [-0.3, -0.25) is 30.3 Å². The van der Waals surface area contributed by atoms with Crippen molar-refractivity contribution < 1.29 is 19.2 Å². The number of piperidine rings is 1. The summed E-state index contributed by atoms with van der Waals surface area (Å²) in [5.41, 5.74) is 4.72. The molecule has 1 unspecified atom stereocenters. The summed E-state index contributed by atoms with van der Waals surface area (Å²) in [6.07, 6.45) is 0.551. The molecule has 0 bridgehead atoms. The largest absolute Gasteiger partial charge is 0.351 e. The highest BCUT2D eigenvalue weighted by molar-refractivity contribution is 6.00. The molecule has 5 N–H and O–H groups in total. The van der Waals surface area contributed by atoms with Gasteiger partial charge < -0.3 is 5.73 Å². The van der Waals surface area contributed by atoms with Crippen molar-refractivity contribution in [1.29, 1.82) is 0 Å². The van der Waals surface area contributed by atoms with Crippen molar-refractivity contribution in [3.8, 4) is 0 Å². The molecule has 0 aromatic heterocycles. The van der Waals surface area contributed by atoms with Crippen LogP contribution in [-0.4, -0.2) is 36.3 Å². The summed E-state index contributed by atoms with van der Waals surface area (Å²) in [6, 6.07) is -1.55. The molecule has 0 radical (unpaired) electrons. The van der Waals surface area contributed by atoms with Gasteiger partial charge in [0.1, 0.15) is 0 Å². The molecule has 8 nitrogen and oxygen atoms in total. The van der Waals surface area contributed by atoms with E-state index in [9.17, 15) is 19.2 Å². The fourth-order valence-corrected chi connectivity index (χ4v) is 1.29. The van der Waals surface area contributed by atoms with Crippen LogP contribution in [0.15, 0.2) is 0 Å². The van der Waals surface area contributed by atoms with Crippen LogP contribution in [0.4, 0.5) is 4.79 Å². The lowest BCUT2D eigenvalue weighted by Gasteiger charge is -2.21. The van der Waals surface area contributed by atoms with Crippen LogP contribution in [0.25, 0.3) is 0 Å². The molecule has 1 fully saturated rings. The van der Waals surface area contributed by atoms with Crippen LogP contribution in [-0.2, 0) is 14.4 Å². The van der Waals surface area contributed by atoms with E-state index >= 15 is 0 Å². The third-order valence-corrected chi connectivity index (χ3v) is 2.01. The number of hydrogen-bond acceptors (Lipinski definition) is 5. The van der Waals surface area contributed by atoms with Crippen LogP contribution >= 0.6 is 0 Å². The highest BCUT2D eigenvalue weighted by Gasteiger charge is 2.26. The van der Waals surface area contributed by atoms with Gasteiger partial charge in [-0.1, -0.05) is 0 Å². The van der Waals surface area contributed by atoms with E-state index in [4.69, 9.17) is 5.73 Å². The maximum Gasteiger partial charge on any atom is 0.318 e. The van der Waals surface area contributed by atoms with Crippen molar-refractivity contribution in [2.24, 2.45) is 5.73 Å². The average molecular weight is 228 g/mol. The fraction of sp³-hybridized carbons (Fsp3) is 0.500. The second-order valence-corrected chi connectivity index (χ2v) is 3.30. The van der Waals surface area contributed by atoms with Crippen LogP contribution < -0.4 is 21.7 Å². The van der Waals surface area contributed by atoms with Crippen LogP contribution in [0, 0.1) is 0 Å². The SMILES string of the molecule is NC(=O)NC(=O)CNC1CCC(=O)NC1=O. The Morgan fingerprint density at radius 2 is 2.12 bits per heavy atom. The first-order chi connectivity index (χ1) is 7.49. The van der Waals surface area contributed by atoms with Crippen molar-refractivity contribution in [3.05, 3.63) is 0 Å². The molecular weight excluding hydrogens is 216 g/mol. The summed E-state index contributed by atoms with van der Waals surface area (Å²) in [4.78, 5) is 43.3. The van der Waals surface area contributed by atoms with Gasteiger partial charge in [0.05, 0.1) is 12.6 Å². The normalized spacial score (nSPS) is 20.1. The van der Waals surface area contributed by atoms with Crippen LogP contribution in [0.3, 0.4) is 0 Å². The first kappa shape index (κ1) is 12.1. The number of carbonyl (C=O) groups excluding carboxylic acids is 4. The molecule has 1 rings (SSSR count). The van der Waals surface area contributed by atoms with E-state index < -0.39 is 23.9 Å². The van der Waals surface area contributed by atoms with Gasteiger partial charge in [-0.05, 0) is 6.42 Å². The molecule has 1 saturated heterocycles. The second kappa shape index (κ2) is 5.21. The maximum atomic E-state index is 11.2. The monoisotopic (exact) mass is 228 g/mol. The predicted molar refractivity (Wildman–Crippen MR) is 51.9 cm³/mol. The molecule has 16 heavy (non-hydrogen) atoms. The molecular formula is C8H12N4O4. The summed E-state index contributed by atoms with van der Waals surface area (Å²) < 4.78 is 0. The molecule has 0 saturated carbocycles. The van der Waals surface area contributed by atoms with Gasteiger partial charge in [-0.2, -0.15) is 0 Å². The summed E-state index contributed by atoms with van der Waals surface area (Å²) in [5, 5.41) is 6.59. The lowest BCUT2D eigenvalue weighted by Crippen LogP contribution is -2.53. The number of urea groups is 1. The zero-order valence-electron chi connectivity index (χ0n) is 8.41. The Morgan fingerprint density at radius 1 is 1.44 bits per heavy atom. The molecule has 8 heteroatoms. The highest BCUT2D eigenvalue weighted by atomic mass is 16.2. The number of nitrogens with one attached hydrogen (secondary N) is 3. The number of amides is 5. The standard InChI is InChI=1S/C8H12N4O4/c9-8(16)12-6(14)3-10-4-1-2-5(13)11-7(4)15/h4,10H,1-3H2,(H,11,13,15)(H3,9,12,14,16). The molecule has 5 amide bonds. The van der Waals surface area contributed by atoms with Crippen molar-refractivity contribution in [1.82, 2.24) is 16.0 Å². The molecule has 0 spiro atoms. The highest BCUT2D eigenvalue weighted by Crippen LogP contribution is 2.03. The van der Waals surface area contributed by atoms with E-state index in [0.717, 1.165) is 0 Å². The van der Waals surface area contributed by atoms with Crippen LogP contribution in [0.5, 0.6) is 0 Å². The Labute approximate surface area is 90.9 Å². The quantitative estimate of drug-likeness (QED) is 0.399. The van der Waals surface area contributed by atoms with E-state index in [1.165, 1.54) is 0 Å². The fourth-order valence-electron chi connectivity index (χ4n) is 1.29. The third-order valence-electron chi connectivity index (χ3n) is 2.01. The Bertz CT molecular complexity index is 341. The number of imide groups is 2. The summed E-state index contributed by atoms with van der Waals surface area (Å²) in [6.45, 7) is -0.213. The van der Waals surface area contributed by atoms with E-state index in [0.29, 0.717) is 6.42 Å². The molecule has 0 aromatic rings. The van der Waals surface area contributed by atoms with Crippen molar-refractivity contribution in [2.45, 2.75) is 18.9 Å². The van der Waals surface area contributed by atoms with Gasteiger partial charge >= 0.3 is 6.03 Å². The molecule has 1 aliphatic rings. The van der Waals surface area contributed by atoms with Gasteiger partial charge in [0.15, 0.2) is 0 Å². The first-order valence-electron chi connectivity index (χ1n) is 4.65. The average Bonchev–Trinajstić information content (AvgIpc) is 2.15. The van der Waals surface area contributed by atoms with Crippen molar-refractivity contribution in [3.63, 3.8) is 0 Å². The molecule has 1 atom stereocenters. The smallest absolute Gasteiger partial charge is 0.318 e. The molecule has 0 aliphatic carbocycles. The van der Waals surface area contributed by atoms with Crippen LogP contribution in [0.1, 0.15) is 12.8 Å². The Hall–Kier alpha value is -1.96. The minimum absolute atomic E-state index is 0.213. The molecule has 1 heterocycles. The molecule has 1 aliphatic heterocycles. The van der Waals surface area contributed by atoms with Gasteiger partial charge in [0.25, 0.3) is 0 Å². The van der Waals surface area contributed by atoms with E-state index in [2.05, 4.69) is 10.6 Å². The summed E-state index contributed by atoms with van der Waals surface area (Å²) in [5.74, 6) is -1.43. The maximum absolute atomic E-state index is 11.2. The van der Waals surface area contributed by atoms with Crippen molar-refractivity contribution in [2.75, 3.05) is 6.54 Å². The second-order valence-electron chi connectivity index (χ2n) is 3.30. The van der Waals surface area contributed by atoms with Gasteiger partial charge in [0.2, 0.25) is 17.7 Å². The van der Waals surface area contributed by atoms with E-state index in [-0.39, 0.29) is 18.9 Å². The lowest BCUT2D eigenvalue weighted by atomic mass is 10.1. The Balaban J connectivity index is 2.32. The van der Waals surface area contributed by atoms with Gasteiger partial charge in [-0.25, -0.2) is 4.79 Å². The summed E-state index contributed by atoms with van der Waals surface area (Å²) in [7, 11) is 0. The van der Waals surface area contributed by atoms with Gasteiger partial charge in [-0.15, -0.1) is 0 Å². The number of primary amides is 1. The minimum atomic E-state index is -0.949. The first-order valence-corrected chi connectivity index (χ1v) is 4.65. The molecule has 88 valence electrons. The minimum Gasteiger partial charge on any atom is -0.351 e. The van der Waals surface area contributed by atoms with Crippen molar-refractivity contribution >= 4 is 23.8 Å². The molecule has 0 aromatic carbocycles. The van der Waals surface area contributed by atoms with Crippen LogP contribution in [0.2, 0.25) is 0 Å². The Morgan fingerprint density at radius 3 is 2.69 bits per heavy atom. The van der Waals surface area contributed by atoms with Gasteiger partial charge in [0, 0.05) is 6.42 Å². The Kier molecular flexibility index (Phi) is 3.95. The number of hydrogen-bond donors (Lipinski definition) is 4. The zero-order chi connectivity index (χ0) is 12.1. The third kappa shape index (κ3) is 3.65. The van der Waals surface area contributed by atoms with E-state index in [1.54, 1.807) is 0 Å². The summed E-state index contributed by atoms with van der Waals surface area (Å²) >= 11 is 0. The predicted octanol–water partition coefficient (Wildman–Crippen LogP) is -2.42.